The zero-order valence-electron chi connectivity index (χ0n) is 8.36. The lowest BCUT2D eigenvalue weighted by Gasteiger charge is -2.05. The summed E-state index contributed by atoms with van der Waals surface area (Å²) in [5.41, 5.74) is 5.49. The van der Waals surface area contributed by atoms with E-state index in [9.17, 15) is 4.79 Å². The average Bonchev–Trinajstić information content (AvgIpc) is 2.65. The number of nitrogens with two attached hydrogens (primary N) is 1. The van der Waals surface area contributed by atoms with E-state index in [-0.39, 0.29) is 5.91 Å². The zero-order valence-corrected chi connectivity index (χ0v) is 8.36. The summed E-state index contributed by atoms with van der Waals surface area (Å²) in [5, 5.41) is 2.59. The monoisotopic (exact) mass is 196 g/mol. The summed E-state index contributed by atoms with van der Waals surface area (Å²) in [5.74, 6) is 0.932. The van der Waals surface area contributed by atoms with Gasteiger partial charge in [-0.2, -0.15) is 0 Å². The van der Waals surface area contributed by atoms with Gasteiger partial charge in [0.25, 0.3) is 0 Å². The topological polar surface area (TPSA) is 72.9 Å². The van der Waals surface area contributed by atoms with Crippen LogP contribution in [-0.2, 0) is 17.9 Å². The quantitative estimate of drug-likeness (QED) is 0.689. The lowest BCUT2D eigenvalue weighted by Crippen LogP contribution is -2.18. The van der Waals surface area contributed by atoms with Crippen molar-refractivity contribution in [3.63, 3.8) is 0 Å². The molecule has 5 nitrogen and oxygen atoms in total. The number of amides is 1. The fourth-order valence-corrected chi connectivity index (χ4v) is 1.27. The van der Waals surface area contributed by atoms with Gasteiger partial charge in [-0.25, -0.2) is 4.98 Å². The molecule has 3 N–H and O–H groups in total. The van der Waals surface area contributed by atoms with Gasteiger partial charge in [-0.05, 0) is 6.42 Å². The number of carbonyl (C=O) groups is 1. The zero-order chi connectivity index (χ0) is 10.4. The Morgan fingerprint density at radius 3 is 3.14 bits per heavy atom. The van der Waals surface area contributed by atoms with Crippen molar-refractivity contribution in [2.75, 3.05) is 7.05 Å². The van der Waals surface area contributed by atoms with E-state index in [4.69, 9.17) is 5.73 Å². The highest BCUT2D eigenvalue weighted by molar-refractivity contribution is 5.75. The average molecular weight is 196 g/mol. The van der Waals surface area contributed by atoms with Gasteiger partial charge in [0.15, 0.2) is 0 Å². The van der Waals surface area contributed by atoms with Crippen LogP contribution in [-0.4, -0.2) is 22.5 Å². The number of carbonyl (C=O) groups excluding carboxylic acids is 1. The summed E-state index contributed by atoms with van der Waals surface area (Å²) in [7, 11) is 1.64. The number of hydrogen-bond donors (Lipinski definition) is 2. The molecule has 0 aliphatic rings. The Labute approximate surface area is 83.3 Å². The minimum absolute atomic E-state index is 0.0689. The number of nitrogens with one attached hydrogen (secondary N) is 1. The molecule has 0 aliphatic heterocycles. The summed E-state index contributed by atoms with van der Waals surface area (Å²) in [6, 6.07) is 0. The highest BCUT2D eigenvalue weighted by Crippen LogP contribution is 2.00. The summed E-state index contributed by atoms with van der Waals surface area (Å²) < 4.78 is 1.98. The molecule has 1 rings (SSSR count). The van der Waals surface area contributed by atoms with E-state index in [1.807, 2.05) is 10.8 Å². The van der Waals surface area contributed by atoms with Crippen molar-refractivity contribution in [2.45, 2.75) is 25.9 Å². The van der Waals surface area contributed by atoms with Crippen molar-refractivity contribution in [1.82, 2.24) is 14.9 Å². The number of nitrogens with zero attached hydrogens (tertiary/aromatic N) is 2. The van der Waals surface area contributed by atoms with Crippen LogP contribution in [0.3, 0.4) is 0 Å². The molecule has 1 aromatic heterocycles. The van der Waals surface area contributed by atoms with Gasteiger partial charge < -0.3 is 15.6 Å². The van der Waals surface area contributed by atoms with Crippen LogP contribution >= 0.6 is 0 Å². The molecule has 0 bridgehead atoms. The second kappa shape index (κ2) is 5.39. The molecule has 0 atom stereocenters. The van der Waals surface area contributed by atoms with Gasteiger partial charge in [0.2, 0.25) is 5.91 Å². The van der Waals surface area contributed by atoms with Gasteiger partial charge in [0.1, 0.15) is 5.82 Å². The third-order valence-corrected chi connectivity index (χ3v) is 2.07. The maximum absolute atomic E-state index is 10.9. The molecule has 0 aromatic carbocycles. The minimum Gasteiger partial charge on any atom is -0.359 e. The number of aromatic nitrogens is 2. The van der Waals surface area contributed by atoms with E-state index >= 15 is 0 Å². The fourth-order valence-electron chi connectivity index (χ4n) is 1.27. The molecule has 0 radical (unpaired) electrons. The molecular weight excluding hydrogens is 180 g/mol. The van der Waals surface area contributed by atoms with Crippen LogP contribution in [0.15, 0.2) is 12.4 Å². The predicted molar refractivity (Wildman–Crippen MR) is 53.4 cm³/mol. The lowest BCUT2D eigenvalue weighted by molar-refractivity contribution is -0.120. The second-order valence-corrected chi connectivity index (χ2v) is 3.02. The number of rotatable bonds is 5. The van der Waals surface area contributed by atoms with E-state index in [2.05, 4.69) is 10.3 Å². The van der Waals surface area contributed by atoms with E-state index < -0.39 is 0 Å². The van der Waals surface area contributed by atoms with Crippen LogP contribution in [0.2, 0.25) is 0 Å². The molecule has 1 amide bonds. The Hall–Kier alpha value is -1.36. The second-order valence-electron chi connectivity index (χ2n) is 3.02. The Morgan fingerprint density at radius 2 is 2.50 bits per heavy atom. The number of imidazole rings is 1. The van der Waals surface area contributed by atoms with Crippen LogP contribution in [0.25, 0.3) is 0 Å². The first kappa shape index (κ1) is 10.7. The Balaban J connectivity index is 2.34. The first-order chi connectivity index (χ1) is 6.77. The van der Waals surface area contributed by atoms with Gasteiger partial charge in [-0.1, -0.05) is 0 Å². The van der Waals surface area contributed by atoms with Crippen molar-refractivity contribution in [1.29, 1.82) is 0 Å². The van der Waals surface area contributed by atoms with Crippen LogP contribution in [0.4, 0.5) is 0 Å². The molecule has 0 saturated heterocycles. The lowest BCUT2D eigenvalue weighted by atomic mass is 10.3. The van der Waals surface area contributed by atoms with Gasteiger partial charge in [-0.3, -0.25) is 4.79 Å². The first-order valence-corrected chi connectivity index (χ1v) is 4.68. The molecule has 78 valence electrons. The van der Waals surface area contributed by atoms with E-state index in [1.54, 1.807) is 13.2 Å². The molecule has 0 aliphatic carbocycles. The van der Waals surface area contributed by atoms with Crippen LogP contribution in [0.5, 0.6) is 0 Å². The molecular formula is C9H16N4O. The number of aryl methyl sites for hydroxylation is 1. The Kier molecular flexibility index (Phi) is 4.12. The SMILES string of the molecule is CNC(=O)CCCn1ccnc1CN. The molecule has 0 saturated carbocycles. The van der Waals surface area contributed by atoms with E-state index in [0.29, 0.717) is 13.0 Å². The van der Waals surface area contributed by atoms with Crippen molar-refractivity contribution in [3.8, 4) is 0 Å². The first-order valence-electron chi connectivity index (χ1n) is 4.68. The molecule has 0 unspecified atom stereocenters. The Morgan fingerprint density at radius 1 is 1.71 bits per heavy atom. The van der Waals surface area contributed by atoms with E-state index in [0.717, 1.165) is 18.8 Å². The van der Waals surface area contributed by atoms with Crippen molar-refractivity contribution in [3.05, 3.63) is 18.2 Å². The maximum atomic E-state index is 10.9. The third kappa shape index (κ3) is 2.85. The summed E-state index contributed by atoms with van der Waals surface area (Å²) in [6.07, 6.45) is 4.95. The van der Waals surface area contributed by atoms with Crippen LogP contribution in [0, 0.1) is 0 Å². The van der Waals surface area contributed by atoms with Gasteiger partial charge in [0.05, 0.1) is 6.54 Å². The molecule has 14 heavy (non-hydrogen) atoms. The van der Waals surface area contributed by atoms with Crippen molar-refractivity contribution < 1.29 is 4.79 Å². The number of hydrogen-bond acceptors (Lipinski definition) is 3. The van der Waals surface area contributed by atoms with Gasteiger partial charge in [-0.15, -0.1) is 0 Å². The minimum atomic E-state index is 0.0689. The van der Waals surface area contributed by atoms with Crippen LogP contribution in [0.1, 0.15) is 18.7 Å². The largest absolute Gasteiger partial charge is 0.359 e. The molecule has 1 aromatic rings. The summed E-state index contributed by atoms with van der Waals surface area (Å²) in [4.78, 5) is 15.0. The normalized spacial score (nSPS) is 10.1. The molecule has 1 heterocycles. The third-order valence-electron chi connectivity index (χ3n) is 2.07. The molecule has 5 heteroatoms. The Bertz CT molecular complexity index is 295. The van der Waals surface area contributed by atoms with Gasteiger partial charge in [0, 0.05) is 32.4 Å². The van der Waals surface area contributed by atoms with Crippen LogP contribution < -0.4 is 11.1 Å². The highest BCUT2D eigenvalue weighted by Gasteiger charge is 2.01. The maximum Gasteiger partial charge on any atom is 0.219 e. The smallest absolute Gasteiger partial charge is 0.219 e. The highest BCUT2D eigenvalue weighted by atomic mass is 16.1. The molecule has 0 fully saturated rings. The van der Waals surface area contributed by atoms with E-state index in [1.165, 1.54) is 0 Å². The standard InChI is InChI=1S/C9H16N4O/c1-11-9(14)3-2-5-13-6-4-12-8(13)7-10/h4,6H,2-3,5,7,10H2,1H3,(H,11,14). The van der Waals surface area contributed by atoms with Crippen molar-refractivity contribution >= 4 is 5.91 Å². The summed E-state index contributed by atoms with van der Waals surface area (Å²) >= 11 is 0. The molecule has 0 spiro atoms. The summed E-state index contributed by atoms with van der Waals surface area (Å²) in [6.45, 7) is 1.23. The predicted octanol–water partition coefficient (Wildman–Crippen LogP) is -0.132. The fraction of sp³-hybridized carbons (Fsp3) is 0.556. The van der Waals surface area contributed by atoms with Gasteiger partial charge >= 0.3 is 0 Å². The van der Waals surface area contributed by atoms with Crippen molar-refractivity contribution in [2.24, 2.45) is 5.73 Å².